The number of halogens is 6. The fourth-order valence-corrected chi connectivity index (χ4v) is 4.40. The van der Waals surface area contributed by atoms with Crippen molar-refractivity contribution in [2.45, 2.75) is 44.6 Å². The van der Waals surface area contributed by atoms with E-state index in [2.05, 4.69) is 30.7 Å². The third-order valence-corrected chi connectivity index (χ3v) is 7.13. The van der Waals surface area contributed by atoms with Crippen molar-refractivity contribution < 1.29 is 36.2 Å². The fraction of sp³-hybridized carbons (Fsp3) is 0.194. The largest absolute Gasteiger partial charge is 0.416 e. The Bertz CT molecular complexity index is 1720. The molecule has 5 rings (SSSR count). The van der Waals surface area contributed by atoms with Crippen molar-refractivity contribution >= 4 is 6.29 Å². The third-order valence-electron chi connectivity index (χ3n) is 7.13. The minimum atomic E-state index is -4.36. The summed E-state index contributed by atoms with van der Waals surface area (Å²) < 4.78 is 75.1. The van der Waals surface area contributed by atoms with E-state index >= 15 is 0 Å². The Hall–Kier alpha value is -4.83. The molecule has 238 valence electrons. The Morgan fingerprint density at radius 2 is 0.978 bits per heavy atom. The molecule has 1 unspecified atom stereocenters. The summed E-state index contributed by atoms with van der Waals surface area (Å²) in [7, 11) is 0. The lowest BCUT2D eigenvalue weighted by Gasteiger charge is -2.20. The van der Waals surface area contributed by atoms with Crippen LogP contribution in [0, 0.1) is 0 Å². The predicted molar refractivity (Wildman–Crippen MR) is 164 cm³/mol. The molecule has 1 N–H and O–H groups in total. The Kier molecular flexibility index (Phi) is 10.1. The maximum absolute atomic E-state index is 12.7. The lowest BCUT2D eigenvalue weighted by atomic mass is 9.86. The molecule has 0 aliphatic heterocycles. The number of hydrogen-bond acceptors (Lipinski definition) is 4. The number of nitrogens with zero attached hydrogens (tertiary/aromatic N) is 2. The first-order chi connectivity index (χ1) is 21.6. The van der Waals surface area contributed by atoms with Crippen LogP contribution in [0.2, 0.25) is 0 Å². The molecule has 0 bridgehead atoms. The lowest BCUT2D eigenvalue weighted by Crippen LogP contribution is -2.11. The van der Waals surface area contributed by atoms with Gasteiger partial charge in [0.2, 0.25) is 0 Å². The van der Waals surface area contributed by atoms with Gasteiger partial charge in [-0.3, -0.25) is 14.8 Å². The first-order valence-corrected chi connectivity index (χ1v) is 14.1. The quantitative estimate of drug-likeness (QED) is 0.154. The molecule has 2 heterocycles. The second kappa shape index (κ2) is 13.7. The van der Waals surface area contributed by atoms with Gasteiger partial charge in [-0.25, -0.2) is 0 Å². The van der Waals surface area contributed by atoms with Gasteiger partial charge in [-0.1, -0.05) is 75.4 Å². The normalized spacial score (nSPS) is 12.6. The highest BCUT2D eigenvalue weighted by molar-refractivity contribution is 5.75. The number of aliphatic hydroxyl groups excluding tert-OH is 1. The number of alkyl halides is 6. The molecule has 0 amide bonds. The van der Waals surface area contributed by atoms with Crippen molar-refractivity contribution in [1.29, 1.82) is 0 Å². The number of hydrogen-bond donors (Lipinski definition) is 1. The monoisotopic (exact) mass is 636 g/mol. The maximum Gasteiger partial charge on any atom is 0.416 e. The fourth-order valence-electron chi connectivity index (χ4n) is 4.40. The summed E-state index contributed by atoms with van der Waals surface area (Å²) in [5.41, 5.74) is 3.86. The van der Waals surface area contributed by atoms with E-state index in [-0.39, 0.29) is 5.41 Å². The minimum absolute atomic E-state index is 0.0361. The summed E-state index contributed by atoms with van der Waals surface area (Å²) in [4.78, 5) is 18.7. The van der Waals surface area contributed by atoms with Gasteiger partial charge in [-0.05, 0) is 59.0 Å². The molecule has 5 aromatic rings. The zero-order valence-electron chi connectivity index (χ0n) is 25.1. The number of aromatic nitrogens is 2. The van der Waals surface area contributed by atoms with Crippen molar-refractivity contribution in [1.82, 2.24) is 9.97 Å². The van der Waals surface area contributed by atoms with Gasteiger partial charge >= 0.3 is 12.4 Å². The van der Waals surface area contributed by atoms with Crippen LogP contribution >= 0.6 is 0 Å². The first kappa shape index (κ1) is 34.1. The molecule has 1 atom stereocenters. The van der Waals surface area contributed by atoms with E-state index in [1.807, 2.05) is 24.3 Å². The highest BCUT2D eigenvalue weighted by Crippen LogP contribution is 2.32. The predicted octanol–water partition coefficient (Wildman–Crippen LogP) is 9.73. The summed E-state index contributed by atoms with van der Waals surface area (Å²) >= 11 is 0. The van der Waals surface area contributed by atoms with E-state index in [1.165, 1.54) is 36.0 Å². The van der Waals surface area contributed by atoms with Crippen LogP contribution in [0.4, 0.5) is 26.3 Å². The molecule has 3 aromatic carbocycles. The summed E-state index contributed by atoms with van der Waals surface area (Å²) in [6, 6.07) is 24.0. The first-order valence-electron chi connectivity index (χ1n) is 14.1. The number of benzene rings is 3. The molecule has 0 aliphatic carbocycles. The Morgan fingerprint density at radius 3 is 1.33 bits per heavy atom. The molecule has 0 aliphatic rings. The molecule has 4 nitrogen and oxygen atoms in total. The molecule has 0 saturated carbocycles. The van der Waals surface area contributed by atoms with Crippen molar-refractivity contribution in [3.63, 3.8) is 0 Å². The Labute approximate surface area is 262 Å². The average molecular weight is 637 g/mol. The van der Waals surface area contributed by atoms with Gasteiger partial charge in [0.05, 0.1) is 22.5 Å². The van der Waals surface area contributed by atoms with Crippen LogP contribution in [-0.4, -0.2) is 21.4 Å². The van der Waals surface area contributed by atoms with E-state index < -0.39 is 29.6 Å². The van der Waals surface area contributed by atoms with Gasteiger partial charge in [0, 0.05) is 34.6 Å². The molecule has 0 radical (unpaired) electrons. The van der Waals surface area contributed by atoms with Crippen molar-refractivity contribution in [3.8, 4) is 22.5 Å². The standard InChI is InChI=1S/C23H22F3NO.C13H8F3NO/c1-22(2,3)18-9-6-16(7-10-18)21(28)17-8-13-20(27-14-17)15-4-11-19(12-5-15)23(24,25)26;14-13(15,16)11-4-2-10(3-5-11)12-6-1-9(8-18)7-17-12/h4-14,21,28H,1-3H3;1-8H. The smallest absolute Gasteiger partial charge is 0.384 e. The van der Waals surface area contributed by atoms with Gasteiger partial charge in [-0.15, -0.1) is 0 Å². The van der Waals surface area contributed by atoms with Crippen LogP contribution in [0.15, 0.2) is 109 Å². The minimum Gasteiger partial charge on any atom is -0.384 e. The summed E-state index contributed by atoms with van der Waals surface area (Å²) in [6.07, 6.45) is -5.93. The van der Waals surface area contributed by atoms with Gasteiger partial charge in [0.25, 0.3) is 0 Å². The number of carbonyl (C=O) groups is 1. The summed E-state index contributed by atoms with van der Waals surface area (Å²) in [6.45, 7) is 6.38. The lowest BCUT2D eigenvalue weighted by molar-refractivity contribution is -0.138. The number of aliphatic hydroxyl groups is 1. The van der Waals surface area contributed by atoms with Crippen LogP contribution < -0.4 is 0 Å². The molecule has 0 fully saturated rings. The van der Waals surface area contributed by atoms with Gasteiger partial charge in [0.15, 0.2) is 6.29 Å². The number of carbonyl (C=O) groups excluding carboxylic acids is 1. The summed E-state index contributed by atoms with van der Waals surface area (Å²) in [5, 5.41) is 10.6. The second-order valence-corrected chi connectivity index (χ2v) is 11.5. The molecular formula is C36H30F6N2O2. The van der Waals surface area contributed by atoms with E-state index in [1.54, 1.807) is 30.5 Å². The third kappa shape index (κ3) is 8.66. The summed E-state index contributed by atoms with van der Waals surface area (Å²) in [5.74, 6) is 0. The van der Waals surface area contributed by atoms with Crippen molar-refractivity contribution in [2.24, 2.45) is 0 Å². The van der Waals surface area contributed by atoms with Crippen LogP contribution in [0.3, 0.4) is 0 Å². The van der Waals surface area contributed by atoms with Crippen LogP contribution in [0.1, 0.15) is 65.1 Å². The second-order valence-electron chi connectivity index (χ2n) is 11.5. The Balaban J connectivity index is 0.000000230. The van der Waals surface area contributed by atoms with E-state index in [9.17, 15) is 36.2 Å². The maximum atomic E-state index is 12.7. The molecule has 46 heavy (non-hydrogen) atoms. The van der Waals surface area contributed by atoms with Crippen LogP contribution in [0.5, 0.6) is 0 Å². The molecule has 2 aromatic heterocycles. The number of pyridine rings is 2. The molecule has 0 saturated heterocycles. The van der Waals surface area contributed by atoms with Gasteiger partial charge in [0.1, 0.15) is 6.10 Å². The zero-order chi connectivity index (χ0) is 33.7. The van der Waals surface area contributed by atoms with E-state index in [0.29, 0.717) is 39.9 Å². The van der Waals surface area contributed by atoms with Crippen LogP contribution in [0.25, 0.3) is 22.5 Å². The van der Waals surface area contributed by atoms with Crippen LogP contribution in [-0.2, 0) is 17.8 Å². The number of rotatable bonds is 5. The molecule has 10 heteroatoms. The van der Waals surface area contributed by atoms with E-state index in [4.69, 9.17) is 0 Å². The van der Waals surface area contributed by atoms with Crippen molar-refractivity contribution in [2.75, 3.05) is 0 Å². The number of aldehydes is 1. The van der Waals surface area contributed by atoms with Crippen molar-refractivity contribution in [3.05, 3.63) is 143 Å². The SMILES string of the molecule is CC(C)(C)c1ccc(C(O)c2ccc(-c3ccc(C(F)(F)F)cc3)nc2)cc1.O=Cc1ccc(-c2ccc(C(F)(F)F)cc2)nc1. The molecule has 0 spiro atoms. The topological polar surface area (TPSA) is 63.1 Å². The van der Waals surface area contributed by atoms with Gasteiger partial charge in [-0.2, -0.15) is 26.3 Å². The van der Waals surface area contributed by atoms with Gasteiger partial charge < -0.3 is 5.11 Å². The zero-order valence-corrected chi connectivity index (χ0v) is 25.1. The average Bonchev–Trinajstić information content (AvgIpc) is 3.04. The highest BCUT2D eigenvalue weighted by atomic mass is 19.4. The highest BCUT2D eigenvalue weighted by Gasteiger charge is 2.30. The van der Waals surface area contributed by atoms with E-state index in [0.717, 1.165) is 29.8 Å². The molecular weight excluding hydrogens is 606 g/mol. The Morgan fingerprint density at radius 1 is 0.565 bits per heavy atom.